The van der Waals surface area contributed by atoms with E-state index in [9.17, 15) is 0 Å². The molecule has 1 aliphatic rings. The maximum Gasteiger partial charge on any atom is 0.0214 e. The van der Waals surface area contributed by atoms with Gasteiger partial charge in [0, 0.05) is 6.42 Å². The molecule has 0 fully saturated rings. The fourth-order valence-corrected chi connectivity index (χ4v) is 4.06. The number of hydrogen-bond donors (Lipinski definition) is 0. The fraction of sp³-hybridized carbons (Fsp3) is 0.480. The molecule has 0 saturated carbocycles. The van der Waals surface area contributed by atoms with Crippen LogP contribution in [0.25, 0.3) is 11.1 Å². The molecule has 2 aromatic rings. The third-order valence-electron chi connectivity index (χ3n) is 5.55. The number of unbranched alkanes of at least 4 members (excludes halogenated alkanes) is 9. The molecule has 3 rings (SSSR count). The highest BCUT2D eigenvalue weighted by atomic mass is 14.2. The maximum atomic E-state index is 2.39. The van der Waals surface area contributed by atoms with Crippen LogP contribution in [0, 0.1) is 6.42 Å². The number of hydrogen-bond acceptors (Lipinski definition) is 0. The van der Waals surface area contributed by atoms with Crippen LogP contribution < -0.4 is 0 Å². The van der Waals surface area contributed by atoms with Crippen molar-refractivity contribution in [3.63, 3.8) is 0 Å². The summed E-state index contributed by atoms with van der Waals surface area (Å²) >= 11 is 0. The minimum absolute atomic E-state index is 1.23. The molecule has 2 aromatic carbocycles. The second kappa shape index (κ2) is 9.80. The van der Waals surface area contributed by atoms with E-state index in [-0.39, 0.29) is 0 Å². The second-order valence-corrected chi connectivity index (χ2v) is 7.54. The van der Waals surface area contributed by atoms with Crippen LogP contribution in [-0.2, 0) is 6.42 Å². The molecule has 0 aliphatic heterocycles. The highest BCUT2D eigenvalue weighted by Gasteiger charge is 2.20. The zero-order valence-electron chi connectivity index (χ0n) is 15.9. The van der Waals surface area contributed by atoms with E-state index in [1.54, 1.807) is 0 Å². The summed E-state index contributed by atoms with van der Waals surface area (Å²) in [6.45, 7) is 2.29. The van der Waals surface area contributed by atoms with Crippen molar-refractivity contribution in [2.45, 2.75) is 77.6 Å². The van der Waals surface area contributed by atoms with Crippen LogP contribution in [0.5, 0.6) is 0 Å². The molecule has 1 aliphatic carbocycles. The van der Waals surface area contributed by atoms with Crippen molar-refractivity contribution in [1.82, 2.24) is 0 Å². The van der Waals surface area contributed by atoms with Crippen LogP contribution in [0.1, 0.15) is 87.8 Å². The van der Waals surface area contributed by atoms with Crippen molar-refractivity contribution in [3.8, 4) is 11.1 Å². The molecular weight excluding hydrogens is 300 g/mol. The monoisotopic (exact) mass is 333 g/mol. The van der Waals surface area contributed by atoms with E-state index in [0.717, 1.165) is 0 Å². The average molecular weight is 334 g/mol. The van der Waals surface area contributed by atoms with Gasteiger partial charge in [-0.15, -0.1) is 0 Å². The number of benzene rings is 2. The van der Waals surface area contributed by atoms with E-state index in [4.69, 9.17) is 0 Å². The summed E-state index contributed by atoms with van der Waals surface area (Å²) < 4.78 is 0. The van der Waals surface area contributed by atoms with Gasteiger partial charge >= 0.3 is 0 Å². The SMILES string of the molecule is CCCCCCCCCCCCc1cccc2c1[CH]c1ccccc1-2. The molecular formula is C25H33. The van der Waals surface area contributed by atoms with Gasteiger partial charge in [0.1, 0.15) is 0 Å². The molecule has 0 N–H and O–H groups in total. The molecule has 0 heteroatoms. The average Bonchev–Trinajstić information content (AvgIpc) is 3.03. The first-order valence-corrected chi connectivity index (χ1v) is 10.5. The summed E-state index contributed by atoms with van der Waals surface area (Å²) in [4.78, 5) is 0. The van der Waals surface area contributed by atoms with Gasteiger partial charge in [0.2, 0.25) is 0 Å². The highest BCUT2D eigenvalue weighted by Crippen LogP contribution is 2.39. The van der Waals surface area contributed by atoms with Gasteiger partial charge in [-0.05, 0) is 40.7 Å². The molecule has 133 valence electrons. The van der Waals surface area contributed by atoms with Crippen LogP contribution in [0.15, 0.2) is 42.5 Å². The molecule has 0 saturated heterocycles. The lowest BCUT2D eigenvalue weighted by Gasteiger charge is -2.08. The first-order chi connectivity index (χ1) is 12.4. The first kappa shape index (κ1) is 18.2. The van der Waals surface area contributed by atoms with Crippen molar-refractivity contribution in [3.05, 3.63) is 65.6 Å². The third-order valence-corrected chi connectivity index (χ3v) is 5.55. The van der Waals surface area contributed by atoms with Crippen LogP contribution >= 0.6 is 0 Å². The Morgan fingerprint density at radius 3 is 2.00 bits per heavy atom. The van der Waals surface area contributed by atoms with Crippen LogP contribution in [0.3, 0.4) is 0 Å². The number of aryl methyl sites for hydroxylation is 1. The van der Waals surface area contributed by atoms with Crippen LogP contribution in [0.4, 0.5) is 0 Å². The predicted molar refractivity (Wildman–Crippen MR) is 110 cm³/mol. The number of fused-ring (bicyclic) bond motifs is 3. The molecule has 0 nitrogen and oxygen atoms in total. The van der Waals surface area contributed by atoms with E-state index in [1.807, 2.05) is 0 Å². The second-order valence-electron chi connectivity index (χ2n) is 7.54. The molecule has 0 unspecified atom stereocenters. The molecule has 25 heavy (non-hydrogen) atoms. The minimum atomic E-state index is 1.23. The normalized spacial score (nSPS) is 12.2. The van der Waals surface area contributed by atoms with Crippen molar-refractivity contribution in [2.24, 2.45) is 0 Å². The van der Waals surface area contributed by atoms with Crippen molar-refractivity contribution < 1.29 is 0 Å². The summed E-state index contributed by atoms with van der Waals surface area (Å²) in [5.74, 6) is 0. The predicted octanol–water partition coefficient (Wildman–Crippen LogP) is 7.73. The van der Waals surface area contributed by atoms with Gasteiger partial charge in [0.05, 0.1) is 0 Å². The van der Waals surface area contributed by atoms with Crippen molar-refractivity contribution in [2.75, 3.05) is 0 Å². The summed E-state index contributed by atoms with van der Waals surface area (Å²) in [6.07, 6.45) is 17.7. The zero-order valence-corrected chi connectivity index (χ0v) is 15.9. The van der Waals surface area contributed by atoms with E-state index < -0.39 is 0 Å². The lowest BCUT2D eigenvalue weighted by Crippen LogP contribution is -1.92. The largest absolute Gasteiger partial charge is 0.0654 e. The smallest absolute Gasteiger partial charge is 0.0214 e. The van der Waals surface area contributed by atoms with E-state index in [2.05, 4.69) is 55.8 Å². The summed E-state index contributed by atoms with van der Waals surface area (Å²) in [6, 6.07) is 15.6. The molecule has 0 bridgehead atoms. The number of rotatable bonds is 11. The van der Waals surface area contributed by atoms with Crippen molar-refractivity contribution >= 4 is 0 Å². The van der Waals surface area contributed by atoms with Gasteiger partial charge in [0.15, 0.2) is 0 Å². The van der Waals surface area contributed by atoms with Gasteiger partial charge < -0.3 is 0 Å². The maximum absolute atomic E-state index is 2.39. The van der Waals surface area contributed by atoms with E-state index >= 15 is 0 Å². The summed E-state index contributed by atoms with van der Waals surface area (Å²) in [7, 11) is 0. The molecule has 0 amide bonds. The Morgan fingerprint density at radius 1 is 0.600 bits per heavy atom. The van der Waals surface area contributed by atoms with Gasteiger partial charge in [-0.3, -0.25) is 0 Å². The fourth-order valence-electron chi connectivity index (χ4n) is 4.06. The zero-order chi connectivity index (χ0) is 17.3. The molecule has 0 aromatic heterocycles. The lowest BCUT2D eigenvalue weighted by atomic mass is 9.96. The van der Waals surface area contributed by atoms with Gasteiger partial charge in [-0.1, -0.05) is 107 Å². The third kappa shape index (κ3) is 4.97. The van der Waals surface area contributed by atoms with Crippen molar-refractivity contribution in [1.29, 1.82) is 0 Å². The van der Waals surface area contributed by atoms with Gasteiger partial charge in [-0.25, -0.2) is 0 Å². The Bertz CT molecular complexity index is 653. The minimum Gasteiger partial charge on any atom is -0.0654 e. The molecule has 0 atom stereocenters. The Hall–Kier alpha value is -1.56. The topological polar surface area (TPSA) is 0 Å². The van der Waals surface area contributed by atoms with Gasteiger partial charge in [0.25, 0.3) is 0 Å². The highest BCUT2D eigenvalue weighted by molar-refractivity contribution is 5.82. The molecule has 0 spiro atoms. The standard InChI is InChI=1S/C25H33/c1-2-3-4-5-6-7-8-9-10-11-15-21-17-14-19-24-23-18-13-12-16-22(23)20-25(21)24/h12-14,16-20H,2-11,15H2,1H3. The molecule has 0 heterocycles. The summed E-state index contributed by atoms with van der Waals surface area (Å²) in [5, 5.41) is 0. The van der Waals surface area contributed by atoms with E-state index in [1.165, 1.54) is 98.4 Å². The van der Waals surface area contributed by atoms with E-state index in [0.29, 0.717) is 0 Å². The Kier molecular flexibility index (Phi) is 7.15. The summed E-state index contributed by atoms with van der Waals surface area (Å²) in [5.41, 5.74) is 7.23. The van der Waals surface area contributed by atoms with Gasteiger partial charge in [-0.2, -0.15) is 0 Å². The molecule has 1 radical (unpaired) electrons. The lowest BCUT2D eigenvalue weighted by molar-refractivity contribution is 0.556. The van der Waals surface area contributed by atoms with Crippen LogP contribution in [-0.4, -0.2) is 0 Å². The Morgan fingerprint density at radius 2 is 1.24 bits per heavy atom. The quantitative estimate of drug-likeness (QED) is 0.315. The Labute approximate surface area is 154 Å². The van der Waals surface area contributed by atoms with Crippen LogP contribution in [0.2, 0.25) is 0 Å². The Balaban J connectivity index is 1.38. The first-order valence-electron chi connectivity index (χ1n) is 10.5.